The minimum Gasteiger partial charge on any atom is -0.336 e. The summed E-state index contributed by atoms with van der Waals surface area (Å²) in [5.41, 5.74) is -0.0425. The molecule has 2 N–H and O–H groups in total. The average molecular weight is 252 g/mol. The van der Waals surface area contributed by atoms with E-state index in [-0.39, 0.29) is 12.6 Å². The number of nitriles is 1. The van der Waals surface area contributed by atoms with Crippen molar-refractivity contribution in [2.45, 2.75) is 13.8 Å². The van der Waals surface area contributed by atoms with Crippen LogP contribution in [0, 0.1) is 16.7 Å². The SMILES string of the molecule is CC(C)(C#N)CNC(=O)Nc1ccccc1Cl. The molecule has 0 radical (unpaired) electrons. The summed E-state index contributed by atoms with van der Waals surface area (Å²) in [7, 11) is 0. The van der Waals surface area contributed by atoms with Gasteiger partial charge >= 0.3 is 6.03 Å². The summed E-state index contributed by atoms with van der Waals surface area (Å²) in [5.74, 6) is 0. The van der Waals surface area contributed by atoms with E-state index in [1.807, 2.05) is 0 Å². The summed E-state index contributed by atoms with van der Waals surface area (Å²) < 4.78 is 0. The van der Waals surface area contributed by atoms with Gasteiger partial charge in [-0.15, -0.1) is 0 Å². The van der Waals surface area contributed by atoms with E-state index in [2.05, 4.69) is 16.7 Å². The van der Waals surface area contributed by atoms with Crippen LogP contribution in [0.5, 0.6) is 0 Å². The van der Waals surface area contributed by atoms with Gasteiger partial charge in [0.2, 0.25) is 0 Å². The third-order valence-corrected chi connectivity index (χ3v) is 2.45. The molecule has 5 heteroatoms. The molecule has 90 valence electrons. The first-order valence-electron chi connectivity index (χ1n) is 5.15. The summed E-state index contributed by atoms with van der Waals surface area (Å²) in [4.78, 5) is 11.5. The van der Waals surface area contributed by atoms with Crippen LogP contribution in [-0.4, -0.2) is 12.6 Å². The van der Waals surface area contributed by atoms with E-state index >= 15 is 0 Å². The van der Waals surface area contributed by atoms with Gasteiger partial charge in [0.25, 0.3) is 0 Å². The fraction of sp³-hybridized carbons (Fsp3) is 0.333. The highest BCUT2D eigenvalue weighted by Gasteiger charge is 2.17. The Morgan fingerprint density at radius 3 is 2.71 bits per heavy atom. The molecule has 0 saturated carbocycles. The van der Waals surface area contributed by atoms with Crippen molar-refractivity contribution >= 4 is 23.3 Å². The zero-order valence-electron chi connectivity index (χ0n) is 9.75. The molecular weight excluding hydrogens is 238 g/mol. The molecule has 0 atom stereocenters. The first-order chi connectivity index (χ1) is 7.94. The lowest BCUT2D eigenvalue weighted by atomic mass is 9.96. The van der Waals surface area contributed by atoms with Gasteiger partial charge in [-0.2, -0.15) is 5.26 Å². The monoisotopic (exact) mass is 251 g/mol. The second kappa shape index (κ2) is 5.55. The Labute approximate surface area is 106 Å². The van der Waals surface area contributed by atoms with Crippen molar-refractivity contribution in [1.82, 2.24) is 5.32 Å². The van der Waals surface area contributed by atoms with Crippen LogP contribution in [0.15, 0.2) is 24.3 Å². The van der Waals surface area contributed by atoms with Crippen molar-refractivity contribution in [2.75, 3.05) is 11.9 Å². The molecule has 17 heavy (non-hydrogen) atoms. The van der Waals surface area contributed by atoms with Crippen LogP contribution < -0.4 is 10.6 Å². The fourth-order valence-corrected chi connectivity index (χ4v) is 1.25. The van der Waals surface area contributed by atoms with Crippen molar-refractivity contribution < 1.29 is 4.79 Å². The molecule has 0 aliphatic heterocycles. The summed E-state index contributed by atoms with van der Waals surface area (Å²) >= 11 is 5.89. The number of nitrogens with zero attached hydrogens (tertiary/aromatic N) is 1. The van der Waals surface area contributed by atoms with Crippen LogP contribution in [0.3, 0.4) is 0 Å². The number of halogens is 1. The maximum absolute atomic E-state index is 11.5. The van der Waals surface area contributed by atoms with Gasteiger partial charge in [0.05, 0.1) is 22.2 Å². The molecule has 0 heterocycles. The molecule has 0 bridgehead atoms. The number of urea groups is 1. The molecule has 0 aliphatic rings. The van der Waals surface area contributed by atoms with Crippen molar-refractivity contribution in [3.63, 3.8) is 0 Å². The van der Waals surface area contributed by atoms with Gasteiger partial charge in [-0.05, 0) is 26.0 Å². The third-order valence-electron chi connectivity index (χ3n) is 2.12. The smallest absolute Gasteiger partial charge is 0.319 e. The van der Waals surface area contributed by atoms with Crippen LogP contribution in [0.1, 0.15) is 13.8 Å². The van der Waals surface area contributed by atoms with Gasteiger partial charge in [0, 0.05) is 6.54 Å². The number of carbonyl (C=O) groups is 1. The van der Waals surface area contributed by atoms with Gasteiger partial charge < -0.3 is 10.6 Å². The van der Waals surface area contributed by atoms with Crippen molar-refractivity contribution in [1.29, 1.82) is 5.26 Å². The van der Waals surface area contributed by atoms with Crippen LogP contribution in [0.2, 0.25) is 5.02 Å². The van der Waals surface area contributed by atoms with Crippen molar-refractivity contribution in [3.8, 4) is 6.07 Å². The molecule has 0 aliphatic carbocycles. The number of hydrogen-bond acceptors (Lipinski definition) is 2. The van der Waals surface area contributed by atoms with Gasteiger partial charge in [0.1, 0.15) is 0 Å². The highest BCUT2D eigenvalue weighted by atomic mass is 35.5. The molecule has 1 aromatic carbocycles. The van der Waals surface area contributed by atoms with Gasteiger partial charge in [-0.3, -0.25) is 0 Å². The first-order valence-corrected chi connectivity index (χ1v) is 5.53. The number of nitrogens with one attached hydrogen (secondary N) is 2. The first kappa shape index (κ1) is 13.3. The standard InChI is InChI=1S/C12H14ClN3O/c1-12(2,7-14)8-15-11(17)16-10-6-4-3-5-9(10)13/h3-6H,8H2,1-2H3,(H2,15,16,17). The van der Waals surface area contributed by atoms with Gasteiger partial charge in [0.15, 0.2) is 0 Å². The number of rotatable bonds is 3. The minimum atomic E-state index is -0.585. The lowest BCUT2D eigenvalue weighted by Gasteiger charge is -2.16. The predicted octanol–water partition coefficient (Wildman–Crippen LogP) is 3.01. The van der Waals surface area contributed by atoms with E-state index in [1.165, 1.54) is 0 Å². The molecule has 0 fully saturated rings. The van der Waals surface area contributed by atoms with E-state index in [0.29, 0.717) is 10.7 Å². The summed E-state index contributed by atoms with van der Waals surface area (Å²) in [6.45, 7) is 3.78. The van der Waals surface area contributed by atoms with Crippen molar-refractivity contribution in [2.24, 2.45) is 5.41 Å². The molecule has 0 aromatic heterocycles. The number of benzene rings is 1. The van der Waals surface area contributed by atoms with E-state index in [1.54, 1.807) is 38.1 Å². The Kier molecular flexibility index (Phi) is 4.36. The normalized spacial score (nSPS) is 10.5. The van der Waals surface area contributed by atoms with E-state index in [4.69, 9.17) is 16.9 Å². The third kappa shape index (κ3) is 4.33. The summed E-state index contributed by atoms with van der Waals surface area (Å²) in [5, 5.41) is 14.5. The summed E-state index contributed by atoms with van der Waals surface area (Å²) in [6.07, 6.45) is 0. The zero-order chi connectivity index (χ0) is 12.9. The molecular formula is C12H14ClN3O. The highest BCUT2D eigenvalue weighted by Crippen LogP contribution is 2.20. The maximum atomic E-state index is 11.5. The summed E-state index contributed by atoms with van der Waals surface area (Å²) in [6, 6.07) is 8.69. The van der Waals surface area contributed by atoms with Crippen LogP contribution in [0.4, 0.5) is 10.5 Å². The number of amides is 2. The predicted molar refractivity (Wildman–Crippen MR) is 67.9 cm³/mol. The molecule has 0 spiro atoms. The quantitative estimate of drug-likeness (QED) is 0.867. The Balaban J connectivity index is 2.52. The van der Waals surface area contributed by atoms with Gasteiger partial charge in [-0.1, -0.05) is 23.7 Å². The maximum Gasteiger partial charge on any atom is 0.319 e. The Hall–Kier alpha value is -1.73. The molecule has 2 amide bonds. The fourth-order valence-electron chi connectivity index (χ4n) is 1.07. The van der Waals surface area contributed by atoms with Crippen LogP contribution >= 0.6 is 11.6 Å². The molecule has 4 nitrogen and oxygen atoms in total. The average Bonchev–Trinajstić information content (AvgIpc) is 2.30. The Bertz CT molecular complexity index is 451. The van der Waals surface area contributed by atoms with E-state index in [0.717, 1.165) is 0 Å². The number of hydrogen-bond donors (Lipinski definition) is 2. The lowest BCUT2D eigenvalue weighted by Crippen LogP contribution is -2.36. The van der Waals surface area contributed by atoms with Crippen molar-refractivity contribution in [3.05, 3.63) is 29.3 Å². The topological polar surface area (TPSA) is 64.9 Å². The Morgan fingerprint density at radius 1 is 1.47 bits per heavy atom. The molecule has 1 aromatic rings. The molecule has 0 unspecified atom stereocenters. The van der Waals surface area contributed by atoms with E-state index < -0.39 is 5.41 Å². The number of para-hydroxylation sites is 1. The second-order valence-corrected chi connectivity index (χ2v) is 4.69. The van der Waals surface area contributed by atoms with Gasteiger partial charge in [-0.25, -0.2) is 4.79 Å². The van der Waals surface area contributed by atoms with Crippen LogP contribution in [0.25, 0.3) is 0 Å². The second-order valence-electron chi connectivity index (χ2n) is 4.28. The van der Waals surface area contributed by atoms with Crippen LogP contribution in [-0.2, 0) is 0 Å². The molecule has 1 rings (SSSR count). The largest absolute Gasteiger partial charge is 0.336 e. The zero-order valence-corrected chi connectivity index (χ0v) is 10.5. The number of carbonyl (C=O) groups excluding carboxylic acids is 1. The molecule has 0 saturated heterocycles. The lowest BCUT2D eigenvalue weighted by molar-refractivity contribution is 0.249. The highest BCUT2D eigenvalue weighted by molar-refractivity contribution is 6.33. The minimum absolute atomic E-state index is 0.278. The number of anilines is 1. The van der Waals surface area contributed by atoms with E-state index in [9.17, 15) is 4.79 Å². The Morgan fingerprint density at radius 2 is 2.12 bits per heavy atom.